The smallest absolute Gasteiger partial charge is 0.323 e. The van der Waals surface area contributed by atoms with Crippen LogP contribution in [0.5, 0.6) is 0 Å². The summed E-state index contributed by atoms with van der Waals surface area (Å²) in [5, 5.41) is 0.731. The zero-order valence-corrected chi connectivity index (χ0v) is 11.2. The summed E-state index contributed by atoms with van der Waals surface area (Å²) in [6.45, 7) is 0. The van der Waals surface area contributed by atoms with Gasteiger partial charge in [0.25, 0.3) is 0 Å². The van der Waals surface area contributed by atoms with Crippen LogP contribution >= 0.6 is 11.8 Å². The second kappa shape index (κ2) is 6.23. The van der Waals surface area contributed by atoms with Crippen LogP contribution in [-0.4, -0.2) is 15.7 Å². The maximum atomic E-state index is 12.4. The lowest BCUT2D eigenvalue weighted by Crippen LogP contribution is -2.14. The highest BCUT2D eigenvalue weighted by molar-refractivity contribution is 7.99. The number of nitrogens with two attached hydrogens (primary N) is 1. The molecule has 0 aliphatic heterocycles. The van der Waals surface area contributed by atoms with E-state index in [4.69, 9.17) is 5.73 Å². The minimum atomic E-state index is -4.32. The molecule has 2 aromatic rings. The van der Waals surface area contributed by atoms with E-state index in [2.05, 4.69) is 9.97 Å². The molecule has 0 aliphatic carbocycles. The monoisotopic (exact) mass is 299 g/mol. The largest absolute Gasteiger partial charge is 0.416 e. The van der Waals surface area contributed by atoms with Crippen molar-refractivity contribution in [1.29, 1.82) is 0 Å². The molecule has 3 nitrogen and oxygen atoms in total. The van der Waals surface area contributed by atoms with Crippen LogP contribution < -0.4 is 5.73 Å². The number of alkyl halides is 3. The van der Waals surface area contributed by atoms with Crippen LogP contribution in [0.3, 0.4) is 0 Å². The molecular weight excluding hydrogens is 287 g/mol. The fourth-order valence-corrected chi connectivity index (χ4v) is 2.36. The lowest BCUT2D eigenvalue weighted by molar-refractivity contribution is -0.137. The number of benzene rings is 1. The van der Waals surface area contributed by atoms with E-state index in [0.717, 1.165) is 17.2 Å². The molecule has 1 aromatic heterocycles. The van der Waals surface area contributed by atoms with Crippen LogP contribution in [0.4, 0.5) is 13.2 Å². The summed E-state index contributed by atoms with van der Waals surface area (Å²) >= 11 is 1.41. The quantitative estimate of drug-likeness (QED) is 0.880. The fourth-order valence-electron chi connectivity index (χ4n) is 1.55. The first-order chi connectivity index (χ1) is 9.47. The van der Waals surface area contributed by atoms with Gasteiger partial charge in [-0.1, -0.05) is 12.1 Å². The first-order valence-electron chi connectivity index (χ1n) is 5.78. The Labute approximate surface area is 118 Å². The molecule has 1 atom stereocenters. The Morgan fingerprint density at radius 2 is 1.85 bits per heavy atom. The Bertz CT molecular complexity index is 543. The third-order valence-electron chi connectivity index (χ3n) is 2.62. The predicted molar refractivity (Wildman–Crippen MR) is 71.1 cm³/mol. The van der Waals surface area contributed by atoms with Crippen molar-refractivity contribution in [2.45, 2.75) is 17.2 Å². The summed E-state index contributed by atoms with van der Waals surface area (Å²) in [6.07, 6.45) is 0.437. The van der Waals surface area contributed by atoms with Gasteiger partial charge in [-0.25, -0.2) is 4.98 Å². The molecule has 0 bridgehead atoms. The molecule has 106 valence electrons. The summed E-state index contributed by atoms with van der Waals surface area (Å²) in [7, 11) is 0. The number of rotatable bonds is 4. The molecule has 2 rings (SSSR count). The third-order valence-corrected chi connectivity index (χ3v) is 3.65. The molecule has 0 aliphatic rings. The van der Waals surface area contributed by atoms with Gasteiger partial charge in [0.15, 0.2) is 0 Å². The standard InChI is InChI=1S/C13H12F3N3S/c14-13(15,16)10-3-1-9(2-4-10)11(17)8-20-12-7-18-5-6-19-12/h1-7,11H,8,17H2. The topological polar surface area (TPSA) is 51.8 Å². The summed E-state index contributed by atoms with van der Waals surface area (Å²) < 4.78 is 37.3. The lowest BCUT2D eigenvalue weighted by Gasteiger charge is -2.13. The molecule has 0 amide bonds. The van der Waals surface area contributed by atoms with Crippen LogP contribution in [-0.2, 0) is 6.18 Å². The first-order valence-corrected chi connectivity index (χ1v) is 6.77. The van der Waals surface area contributed by atoms with Gasteiger partial charge in [0.05, 0.1) is 11.8 Å². The van der Waals surface area contributed by atoms with E-state index in [1.54, 1.807) is 18.6 Å². The van der Waals surface area contributed by atoms with Crippen LogP contribution in [0.1, 0.15) is 17.2 Å². The van der Waals surface area contributed by atoms with Gasteiger partial charge in [-0.15, -0.1) is 11.8 Å². The van der Waals surface area contributed by atoms with Crippen molar-refractivity contribution in [3.63, 3.8) is 0 Å². The molecule has 0 saturated carbocycles. The van der Waals surface area contributed by atoms with Gasteiger partial charge in [0.2, 0.25) is 0 Å². The van der Waals surface area contributed by atoms with Crippen LogP contribution in [0.15, 0.2) is 47.9 Å². The molecule has 1 unspecified atom stereocenters. The second-order valence-electron chi connectivity index (χ2n) is 4.08. The first kappa shape index (κ1) is 14.8. The third kappa shape index (κ3) is 3.94. The Hall–Kier alpha value is -1.60. The molecule has 0 radical (unpaired) electrons. The Kier molecular flexibility index (Phi) is 4.61. The maximum Gasteiger partial charge on any atom is 0.416 e. The zero-order chi connectivity index (χ0) is 14.6. The van der Waals surface area contributed by atoms with E-state index in [1.807, 2.05) is 0 Å². The van der Waals surface area contributed by atoms with E-state index in [0.29, 0.717) is 11.3 Å². The Balaban J connectivity index is 1.97. The molecule has 0 fully saturated rings. The molecule has 7 heteroatoms. The summed E-state index contributed by atoms with van der Waals surface area (Å²) in [6, 6.07) is 4.55. The van der Waals surface area contributed by atoms with Gasteiger partial charge in [-0.3, -0.25) is 4.98 Å². The predicted octanol–water partition coefficient (Wildman–Crippen LogP) is 3.29. The molecule has 20 heavy (non-hydrogen) atoms. The van der Waals surface area contributed by atoms with Gasteiger partial charge in [0, 0.05) is 24.2 Å². The fraction of sp³-hybridized carbons (Fsp3) is 0.231. The van der Waals surface area contributed by atoms with Crippen molar-refractivity contribution in [3.8, 4) is 0 Å². The van der Waals surface area contributed by atoms with E-state index in [-0.39, 0.29) is 6.04 Å². The number of nitrogens with zero attached hydrogens (tertiary/aromatic N) is 2. The Morgan fingerprint density at radius 3 is 2.40 bits per heavy atom. The van der Waals surface area contributed by atoms with E-state index in [1.165, 1.54) is 23.9 Å². The van der Waals surface area contributed by atoms with Gasteiger partial charge < -0.3 is 5.73 Å². The minimum Gasteiger partial charge on any atom is -0.323 e. The SMILES string of the molecule is NC(CSc1cnccn1)c1ccc(C(F)(F)F)cc1. The van der Waals surface area contributed by atoms with Crippen LogP contribution in [0.25, 0.3) is 0 Å². The maximum absolute atomic E-state index is 12.4. The number of hydrogen-bond acceptors (Lipinski definition) is 4. The zero-order valence-electron chi connectivity index (χ0n) is 10.3. The van der Waals surface area contributed by atoms with Crippen molar-refractivity contribution in [2.75, 3.05) is 5.75 Å². The highest BCUT2D eigenvalue weighted by atomic mass is 32.2. The Morgan fingerprint density at radius 1 is 1.15 bits per heavy atom. The van der Waals surface area contributed by atoms with Gasteiger partial charge >= 0.3 is 6.18 Å². The molecule has 0 saturated heterocycles. The van der Waals surface area contributed by atoms with E-state index < -0.39 is 11.7 Å². The van der Waals surface area contributed by atoms with E-state index >= 15 is 0 Å². The van der Waals surface area contributed by atoms with Gasteiger partial charge in [0.1, 0.15) is 5.03 Å². The average molecular weight is 299 g/mol. The minimum absolute atomic E-state index is 0.357. The van der Waals surface area contributed by atoms with Gasteiger partial charge in [-0.2, -0.15) is 13.2 Å². The van der Waals surface area contributed by atoms with Crippen molar-refractivity contribution in [2.24, 2.45) is 5.73 Å². The molecular formula is C13H12F3N3S. The molecule has 2 N–H and O–H groups in total. The lowest BCUT2D eigenvalue weighted by atomic mass is 10.1. The molecule has 1 heterocycles. The van der Waals surface area contributed by atoms with Crippen LogP contribution in [0.2, 0.25) is 0 Å². The highest BCUT2D eigenvalue weighted by Gasteiger charge is 2.30. The number of halogens is 3. The normalized spacial score (nSPS) is 13.2. The summed E-state index contributed by atoms with van der Waals surface area (Å²) in [4.78, 5) is 8.01. The highest BCUT2D eigenvalue weighted by Crippen LogP contribution is 2.30. The van der Waals surface area contributed by atoms with Gasteiger partial charge in [-0.05, 0) is 17.7 Å². The van der Waals surface area contributed by atoms with E-state index in [9.17, 15) is 13.2 Å². The summed E-state index contributed by atoms with van der Waals surface area (Å²) in [5.41, 5.74) is 5.94. The summed E-state index contributed by atoms with van der Waals surface area (Å²) in [5.74, 6) is 0.518. The second-order valence-corrected chi connectivity index (χ2v) is 5.12. The number of hydrogen-bond donors (Lipinski definition) is 1. The van der Waals surface area contributed by atoms with Crippen molar-refractivity contribution >= 4 is 11.8 Å². The van der Waals surface area contributed by atoms with Crippen LogP contribution in [0, 0.1) is 0 Å². The number of thioether (sulfide) groups is 1. The molecule has 1 aromatic carbocycles. The number of aromatic nitrogens is 2. The van der Waals surface area contributed by atoms with Crippen molar-refractivity contribution in [1.82, 2.24) is 9.97 Å². The van der Waals surface area contributed by atoms with Crippen molar-refractivity contribution in [3.05, 3.63) is 54.0 Å². The average Bonchev–Trinajstić information content (AvgIpc) is 2.45. The molecule has 0 spiro atoms. The van der Waals surface area contributed by atoms with Crippen molar-refractivity contribution < 1.29 is 13.2 Å².